The van der Waals surface area contributed by atoms with Gasteiger partial charge < -0.3 is 0 Å². The highest BCUT2D eigenvalue weighted by molar-refractivity contribution is 7.67. The molecule has 0 aromatic carbocycles. The highest BCUT2D eigenvalue weighted by Gasteiger charge is 2.20. The summed E-state index contributed by atoms with van der Waals surface area (Å²) in [5.41, 5.74) is 2.47. The zero-order valence-corrected chi connectivity index (χ0v) is 6.90. The first kappa shape index (κ1) is 7.65. The molecular formula is C3H3Cl3Si. The third kappa shape index (κ3) is 6.65. The lowest BCUT2D eigenvalue weighted by Gasteiger charge is -1.90. The largest absolute Gasteiger partial charge is 0.422 e. The van der Waals surface area contributed by atoms with Crippen LogP contribution in [-0.4, -0.2) is 6.00 Å². The average Bonchev–Trinajstić information content (AvgIpc) is 1.30. The van der Waals surface area contributed by atoms with Crippen molar-refractivity contribution in [2.45, 2.75) is 6.92 Å². The Hall–Kier alpha value is 0.647. The van der Waals surface area contributed by atoms with E-state index < -0.39 is 6.00 Å². The second-order valence-corrected chi connectivity index (χ2v) is 8.96. The Balaban J connectivity index is 3.72. The van der Waals surface area contributed by atoms with Crippen molar-refractivity contribution in [1.29, 1.82) is 0 Å². The van der Waals surface area contributed by atoms with Gasteiger partial charge in [0.15, 0.2) is 0 Å². The van der Waals surface area contributed by atoms with Crippen LogP contribution in [0.15, 0.2) is 0 Å². The van der Waals surface area contributed by atoms with Crippen LogP contribution in [0.25, 0.3) is 0 Å². The van der Waals surface area contributed by atoms with E-state index in [1.807, 2.05) is 0 Å². The third-order valence-corrected chi connectivity index (χ3v) is 1.65. The summed E-state index contributed by atoms with van der Waals surface area (Å²) in [5, 5.41) is 0. The Labute approximate surface area is 57.9 Å². The topological polar surface area (TPSA) is 0 Å². The Bertz CT molecular complexity index is 104. The molecule has 0 unspecified atom stereocenters. The highest BCUT2D eigenvalue weighted by atomic mass is 35.8. The molecule has 40 valence electrons. The van der Waals surface area contributed by atoms with E-state index in [0.717, 1.165) is 0 Å². The average molecular weight is 174 g/mol. The first-order valence-corrected chi connectivity index (χ1v) is 6.60. The molecule has 0 nitrogen and oxygen atoms in total. The number of rotatable bonds is 0. The van der Waals surface area contributed by atoms with Gasteiger partial charge in [-0.2, -0.15) is 0 Å². The highest BCUT2D eigenvalue weighted by Crippen LogP contribution is 2.17. The first-order chi connectivity index (χ1) is 3.06. The van der Waals surface area contributed by atoms with Crippen molar-refractivity contribution in [2.75, 3.05) is 0 Å². The van der Waals surface area contributed by atoms with Gasteiger partial charge in [0.1, 0.15) is 0 Å². The maximum Gasteiger partial charge on any atom is 0.422 e. The van der Waals surface area contributed by atoms with Crippen LogP contribution in [0.5, 0.6) is 0 Å². The summed E-state index contributed by atoms with van der Waals surface area (Å²) in [6, 6.07) is -2.60. The molecule has 0 aliphatic rings. The van der Waals surface area contributed by atoms with Crippen LogP contribution in [-0.2, 0) is 0 Å². The summed E-state index contributed by atoms with van der Waals surface area (Å²) in [6.07, 6.45) is 0. The second-order valence-electron chi connectivity index (χ2n) is 0.873. The molecule has 0 aromatic heterocycles. The van der Waals surface area contributed by atoms with Crippen molar-refractivity contribution in [3.63, 3.8) is 0 Å². The van der Waals surface area contributed by atoms with Gasteiger partial charge in [0.2, 0.25) is 0 Å². The van der Waals surface area contributed by atoms with Gasteiger partial charge in [0, 0.05) is 0 Å². The van der Waals surface area contributed by atoms with E-state index in [2.05, 4.69) is 11.5 Å². The van der Waals surface area contributed by atoms with Crippen molar-refractivity contribution < 1.29 is 0 Å². The number of hydrogen-bond donors (Lipinski definition) is 0. The predicted molar refractivity (Wildman–Crippen MR) is 36.8 cm³/mol. The molecule has 4 heteroatoms. The molecule has 0 amide bonds. The smallest absolute Gasteiger partial charge is 0.113 e. The quantitative estimate of drug-likeness (QED) is 0.299. The Morgan fingerprint density at radius 1 is 1.29 bits per heavy atom. The van der Waals surface area contributed by atoms with Gasteiger partial charge in [0.05, 0.1) is 0 Å². The molecule has 0 fully saturated rings. The molecule has 0 atom stereocenters. The van der Waals surface area contributed by atoms with Crippen molar-refractivity contribution in [1.82, 2.24) is 0 Å². The molecule has 0 radical (unpaired) electrons. The summed E-state index contributed by atoms with van der Waals surface area (Å²) in [5.74, 6) is 2.52. The van der Waals surface area contributed by atoms with Crippen molar-refractivity contribution in [3.8, 4) is 11.5 Å². The van der Waals surface area contributed by atoms with E-state index in [1.165, 1.54) is 0 Å². The van der Waals surface area contributed by atoms with Crippen LogP contribution in [0, 0.1) is 11.5 Å². The van der Waals surface area contributed by atoms with Crippen LogP contribution in [0.3, 0.4) is 0 Å². The Morgan fingerprint density at radius 2 is 1.71 bits per heavy atom. The van der Waals surface area contributed by atoms with Gasteiger partial charge >= 0.3 is 6.00 Å². The van der Waals surface area contributed by atoms with Gasteiger partial charge in [-0.1, -0.05) is 5.54 Å². The molecule has 0 aliphatic carbocycles. The fourth-order valence-electron chi connectivity index (χ4n) is 0.142. The zero-order chi connectivity index (χ0) is 5.91. The lowest BCUT2D eigenvalue weighted by molar-refractivity contribution is 1.93. The van der Waals surface area contributed by atoms with Gasteiger partial charge in [-0.3, -0.25) is 0 Å². The van der Waals surface area contributed by atoms with Crippen LogP contribution in [0.4, 0.5) is 0 Å². The number of hydrogen-bond acceptors (Lipinski definition) is 0. The molecule has 0 saturated carbocycles. The van der Waals surface area contributed by atoms with Crippen LogP contribution >= 0.6 is 33.2 Å². The molecule has 7 heavy (non-hydrogen) atoms. The third-order valence-electron chi connectivity index (χ3n) is 0.267. The molecule has 0 saturated heterocycles. The van der Waals surface area contributed by atoms with Crippen molar-refractivity contribution in [3.05, 3.63) is 0 Å². The maximum absolute atomic E-state index is 5.33. The standard InChI is InChI=1S/C3H3Cl3Si/c1-2-3-7(4,5)6/h1H3. The monoisotopic (exact) mass is 172 g/mol. The van der Waals surface area contributed by atoms with Crippen LogP contribution in [0.1, 0.15) is 6.92 Å². The molecule has 0 aliphatic heterocycles. The van der Waals surface area contributed by atoms with Crippen molar-refractivity contribution >= 4 is 39.2 Å². The summed E-state index contributed by atoms with van der Waals surface area (Å²) in [7, 11) is 0. The second kappa shape index (κ2) is 2.83. The predicted octanol–water partition coefficient (Wildman–Crippen LogP) is 2.20. The molecule has 0 rings (SSSR count). The maximum atomic E-state index is 5.33. The van der Waals surface area contributed by atoms with E-state index in [-0.39, 0.29) is 0 Å². The van der Waals surface area contributed by atoms with Gasteiger partial charge in [0.25, 0.3) is 0 Å². The molecule has 0 heterocycles. The van der Waals surface area contributed by atoms with Crippen LogP contribution < -0.4 is 0 Å². The fraction of sp³-hybridized carbons (Fsp3) is 0.333. The summed E-state index contributed by atoms with van der Waals surface area (Å²) < 4.78 is 0. The SMILES string of the molecule is CC#C[Si](Cl)(Cl)Cl. The van der Waals surface area contributed by atoms with E-state index in [0.29, 0.717) is 0 Å². The van der Waals surface area contributed by atoms with Crippen LogP contribution in [0.2, 0.25) is 0 Å². The molecule has 0 bridgehead atoms. The fourth-order valence-corrected chi connectivity index (χ4v) is 1.28. The minimum absolute atomic E-state index is 1.65. The lowest BCUT2D eigenvalue weighted by atomic mass is 10.8. The van der Waals surface area contributed by atoms with E-state index in [9.17, 15) is 0 Å². The first-order valence-electron chi connectivity index (χ1n) is 1.57. The minimum atomic E-state index is -2.60. The molecular weight excluding hydrogens is 170 g/mol. The Kier molecular flexibility index (Phi) is 3.10. The summed E-state index contributed by atoms with van der Waals surface area (Å²) >= 11 is 16.0. The summed E-state index contributed by atoms with van der Waals surface area (Å²) in [6.45, 7) is 1.65. The van der Waals surface area contributed by atoms with Gasteiger partial charge in [-0.05, 0) is 6.92 Å². The molecule has 0 N–H and O–H groups in total. The molecule has 0 spiro atoms. The normalized spacial score (nSPS) is 9.71. The zero-order valence-electron chi connectivity index (χ0n) is 3.63. The van der Waals surface area contributed by atoms with E-state index in [1.54, 1.807) is 6.92 Å². The van der Waals surface area contributed by atoms with E-state index in [4.69, 9.17) is 33.2 Å². The van der Waals surface area contributed by atoms with Gasteiger partial charge in [-0.15, -0.1) is 39.2 Å². The summed E-state index contributed by atoms with van der Waals surface area (Å²) in [4.78, 5) is 0. The van der Waals surface area contributed by atoms with E-state index >= 15 is 0 Å². The lowest BCUT2D eigenvalue weighted by Crippen LogP contribution is -2.03. The minimum Gasteiger partial charge on any atom is -0.113 e. The number of halogens is 3. The Morgan fingerprint density at radius 3 is 1.71 bits per heavy atom. The van der Waals surface area contributed by atoms with Crippen molar-refractivity contribution in [2.24, 2.45) is 0 Å². The van der Waals surface area contributed by atoms with Gasteiger partial charge in [-0.25, -0.2) is 0 Å². The molecule has 0 aromatic rings.